The minimum absolute atomic E-state index is 0.386. The number of benzene rings is 1. The number of rotatable bonds is 6. The summed E-state index contributed by atoms with van der Waals surface area (Å²) in [5.74, 6) is -2.51. The van der Waals surface area contributed by atoms with Crippen LogP contribution in [-0.4, -0.2) is 51.8 Å². The average Bonchev–Trinajstić information content (AvgIpc) is 2.46. The molecule has 1 aromatic rings. The van der Waals surface area contributed by atoms with Crippen molar-refractivity contribution in [3.8, 4) is 0 Å². The largest absolute Gasteiger partial charge is 0.478 e. The molecule has 0 amide bonds. The van der Waals surface area contributed by atoms with Crippen molar-refractivity contribution in [3.05, 3.63) is 48.0 Å². The maximum atomic E-state index is 9.90. The number of hydrogen-bond acceptors (Lipinski definition) is 4. The number of aliphatic carboxylic acids is 2. The Hall–Kier alpha value is -2.18. The molecule has 0 aliphatic carbocycles. The molecule has 0 radical (unpaired) electrons. The molecule has 0 heterocycles. The summed E-state index contributed by atoms with van der Waals surface area (Å²) in [6.45, 7) is 4.93. The number of aliphatic hydroxyl groups excluding tert-OH is 1. The van der Waals surface area contributed by atoms with Crippen LogP contribution in [0.3, 0.4) is 0 Å². The molecule has 0 saturated carbocycles. The molecule has 0 aliphatic rings. The second-order valence-corrected chi connectivity index (χ2v) is 4.97. The van der Waals surface area contributed by atoms with Gasteiger partial charge in [-0.25, -0.2) is 9.59 Å². The van der Waals surface area contributed by atoms with Crippen molar-refractivity contribution in [3.63, 3.8) is 0 Å². The molecule has 0 spiro atoms. The van der Waals surface area contributed by atoms with E-state index in [0.717, 1.165) is 5.56 Å². The van der Waals surface area contributed by atoms with Gasteiger partial charge in [-0.15, -0.1) is 0 Å². The first-order chi connectivity index (χ1) is 10.2. The Bertz CT molecular complexity index is 469. The fourth-order valence-corrected chi connectivity index (χ4v) is 1.41. The first-order valence-electron chi connectivity index (χ1n) is 6.81. The topological polar surface area (TPSA) is 98.1 Å². The zero-order chi connectivity index (χ0) is 17.1. The molecule has 0 saturated heterocycles. The van der Waals surface area contributed by atoms with E-state index in [-0.39, 0.29) is 6.10 Å². The van der Waals surface area contributed by atoms with Crippen LogP contribution in [0.15, 0.2) is 42.5 Å². The van der Waals surface area contributed by atoms with Crippen molar-refractivity contribution in [1.82, 2.24) is 4.90 Å². The molecule has 1 atom stereocenters. The smallest absolute Gasteiger partial charge is 0.328 e. The number of nitrogens with zero attached hydrogens (tertiary/aromatic N) is 1. The van der Waals surface area contributed by atoms with Gasteiger partial charge in [0.2, 0.25) is 0 Å². The lowest BCUT2D eigenvalue weighted by atomic mass is 10.1. The summed E-state index contributed by atoms with van der Waals surface area (Å²) in [4.78, 5) is 21.2. The lowest BCUT2D eigenvalue weighted by molar-refractivity contribution is -0.134. The standard InChI is InChI=1S/C12H19NO.C4H4O4/c1-10(2)13(3)9-12(14)11-7-5-4-6-8-11;5-3(6)1-2-4(7)8/h4-8,10,12,14H,9H2,1-3H3;1-2H,(H,5,6)(H,7,8)/b;2-1+. The number of carbonyl (C=O) groups is 2. The zero-order valence-electron chi connectivity index (χ0n) is 13.0. The summed E-state index contributed by atoms with van der Waals surface area (Å²) >= 11 is 0. The lowest BCUT2D eigenvalue weighted by Gasteiger charge is -2.24. The summed E-state index contributed by atoms with van der Waals surface area (Å²) in [7, 11) is 2.02. The minimum atomic E-state index is -1.26. The Labute approximate surface area is 130 Å². The normalized spacial score (nSPS) is 12.1. The molecule has 0 fully saturated rings. The van der Waals surface area contributed by atoms with Crippen LogP contribution < -0.4 is 0 Å². The molecule has 1 aromatic carbocycles. The predicted molar refractivity (Wildman–Crippen MR) is 83.6 cm³/mol. The van der Waals surface area contributed by atoms with E-state index in [9.17, 15) is 14.7 Å². The van der Waals surface area contributed by atoms with E-state index in [1.54, 1.807) is 0 Å². The molecule has 1 rings (SSSR count). The van der Waals surface area contributed by atoms with E-state index in [0.29, 0.717) is 24.7 Å². The molecule has 1 unspecified atom stereocenters. The van der Waals surface area contributed by atoms with Crippen LogP contribution in [0.1, 0.15) is 25.5 Å². The molecule has 6 nitrogen and oxygen atoms in total. The van der Waals surface area contributed by atoms with Gasteiger partial charge in [0.05, 0.1) is 6.10 Å². The van der Waals surface area contributed by atoms with Crippen LogP contribution in [0.25, 0.3) is 0 Å². The summed E-state index contributed by atoms with van der Waals surface area (Å²) in [5.41, 5.74) is 0.986. The molecule has 6 heteroatoms. The molecule has 122 valence electrons. The third-order valence-electron chi connectivity index (χ3n) is 2.90. The van der Waals surface area contributed by atoms with Crippen LogP contribution >= 0.6 is 0 Å². The molecule has 0 aromatic heterocycles. The van der Waals surface area contributed by atoms with Gasteiger partial charge in [-0.05, 0) is 26.5 Å². The van der Waals surface area contributed by atoms with Gasteiger partial charge in [0.25, 0.3) is 0 Å². The minimum Gasteiger partial charge on any atom is -0.478 e. The average molecular weight is 309 g/mol. The van der Waals surface area contributed by atoms with Gasteiger partial charge >= 0.3 is 11.9 Å². The van der Waals surface area contributed by atoms with Crippen LogP contribution in [0.5, 0.6) is 0 Å². The van der Waals surface area contributed by atoms with Gasteiger partial charge in [0.1, 0.15) is 0 Å². The second kappa shape index (κ2) is 10.5. The molecular weight excluding hydrogens is 286 g/mol. The molecule has 3 N–H and O–H groups in total. The van der Waals surface area contributed by atoms with Gasteiger partial charge in [-0.2, -0.15) is 0 Å². The van der Waals surface area contributed by atoms with Gasteiger partial charge in [0, 0.05) is 24.7 Å². The van der Waals surface area contributed by atoms with Crippen molar-refractivity contribution in [2.45, 2.75) is 26.0 Å². The Morgan fingerprint density at radius 2 is 1.55 bits per heavy atom. The highest BCUT2D eigenvalue weighted by molar-refractivity contribution is 5.89. The van der Waals surface area contributed by atoms with E-state index in [1.807, 2.05) is 37.4 Å². The summed E-state index contributed by atoms with van der Waals surface area (Å²) in [5, 5.41) is 25.5. The highest BCUT2D eigenvalue weighted by Crippen LogP contribution is 2.13. The van der Waals surface area contributed by atoms with E-state index in [2.05, 4.69) is 18.7 Å². The van der Waals surface area contributed by atoms with E-state index < -0.39 is 11.9 Å². The van der Waals surface area contributed by atoms with Crippen LogP contribution in [0, 0.1) is 0 Å². The van der Waals surface area contributed by atoms with Crippen molar-refractivity contribution in [2.75, 3.05) is 13.6 Å². The van der Waals surface area contributed by atoms with Crippen LogP contribution in [0.4, 0.5) is 0 Å². The Balaban J connectivity index is 0.000000472. The summed E-state index contributed by atoms with van der Waals surface area (Å²) in [6, 6.07) is 10.2. The fraction of sp³-hybridized carbons (Fsp3) is 0.375. The first-order valence-corrected chi connectivity index (χ1v) is 6.81. The molecular formula is C16H23NO5. The van der Waals surface area contributed by atoms with Crippen molar-refractivity contribution in [2.24, 2.45) is 0 Å². The van der Waals surface area contributed by atoms with Gasteiger partial charge in [-0.3, -0.25) is 0 Å². The number of hydrogen-bond donors (Lipinski definition) is 3. The lowest BCUT2D eigenvalue weighted by Crippen LogP contribution is -2.30. The Kier molecular flexibility index (Phi) is 9.49. The number of carboxylic acid groups (broad SMARTS) is 2. The molecule has 22 heavy (non-hydrogen) atoms. The summed E-state index contributed by atoms with van der Waals surface area (Å²) in [6.07, 6.45) is 0.730. The van der Waals surface area contributed by atoms with Crippen molar-refractivity contribution < 1.29 is 24.9 Å². The first kappa shape index (κ1) is 19.8. The number of likely N-dealkylation sites (N-methyl/N-ethyl adjacent to an activating group) is 1. The monoisotopic (exact) mass is 309 g/mol. The second-order valence-electron chi connectivity index (χ2n) is 4.97. The van der Waals surface area contributed by atoms with Crippen molar-refractivity contribution in [1.29, 1.82) is 0 Å². The number of carboxylic acids is 2. The van der Waals surface area contributed by atoms with E-state index in [1.165, 1.54) is 0 Å². The van der Waals surface area contributed by atoms with E-state index in [4.69, 9.17) is 10.2 Å². The maximum Gasteiger partial charge on any atom is 0.328 e. The highest BCUT2D eigenvalue weighted by atomic mass is 16.4. The van der Waals surface area contributed by atoms with E-state index >= 15 is 0 Å². The SMILES string of the molecule is CC(C)N(C)CC(O)c1ccccc1.O=C(O)/C=C/C(=O)O. The Morgan fingerprint density at radius 1 is 1.09 bits per heavy atom. The van der Waals surface area contributed by atoms with Gasteiger partial charge in [0.15, 0.2) is 0 Å². The van der Waals surface area contributed by atoms with Crippen molar-refractivity contribution >= 4 is 11.9 Å². The molecule has 0 aliphatic heterocycles. The fourth-order valence-electron chi connectivity index (χ4n) is 1.41. The predicted octanol–water partition coefficient (Wildman–Crippen LogP) is 1.77. The van der Waals surface area contributed by atoms with Gasteiger partial charge < -0.3 is 20.2 Å². The molecule has 0 bridgehead atoms. The zero-order valence-corrected chi connectivity index (χ0v) is 13.0. The maximum absolute atomic E-state index is 9.90. The third kappa shape index (κ3) is 9.68. The Morgan fingerprint density at radius 3 is 1.91 bits per heavy atom. The number of aliphatic hydroxyl groups is 1. The van der Waals surface area contributed by atoms with Gasteiger partial charge in [-0.1, -0.05) is 30.3 Å². The van der Waals surface area contributed by atoms with Crippen LogP contribution in [0.2, 0.25) is 0 Å². The highest BCUT2D eigenvalue weighted by Gasteiger charge is 2.11. The summed E-state index contributed by atoms with van der Waals surface area (Å²) < 4.78 is 0. The van der Waals surface area contributed by atoms with Crippen LogP contribution in [-0.2, 0) is 9.59 Å². The quantitative estimate of drug-likeness (QED) is 0.693. The third-order valence-corrected chi connectivity index (χ3v) is 2.90.